The molecule has 1 amide bonds. The van der Waals surface area contributed by atoms with Crippen molar-refractivity contribution in [2.24, 2.45) is 0 Å². The van der Waals surface area contributed by atoms with E-state index in [1.54, 1.807) is 6.92 Å². The molecule has 1 atom stereocenters. The molecule has 0 spiro atoms. The molecule has 4 nitrogen and oxygen atoms in total. The Hall–Kier alpha value is -1.13. The normalized spacial score (nSPS) is 12.0. The van der Waals surface area contributed by atoms with E-state index in [9.17, 15) is 4.79 Å². The van der Waals surface area contributed by atoms with Crippen molar-refractivity contribution in [3.63, 3.8) is 0 Å². The summed E-state index contributed by atoms with van der Waals surface area (Å²) < 4.78 is 5.35. The number of nitrogens with one attached hydrogen (secondary N) is 1. The summed E-state index contributed by atoms with van der Waals surface area (Å²) in [6.45, 7) is 1.61. The number of nitrogen functional groups attached to an aromatic ring is 1. The number of rotatable bonds is 3. The van der Waals surface area contributed by atoms with Crippen LogP contribution in [0.1, 0.15) is 6.92 Å². The van der Waals surface area contributed by atoms with Gasteiger partial charge in [0.1, 0.15) is 5.75 Å². The van der Waals surface area contributed by atoms with Crippen LogP contribution in [0.25, 0.3) is 0 Å². The number of hydrogen-bond acceptors (Lipinski definition) is 3. The Labute approximate surface area is 104 Å². The monoisotopic (exact) mass is 262 g/mol. The molecule has 0 saturated carbocycles. The van der Waals surface area contributed by atoms with Gasteiger partial charge in [-0.25, -0.2) is 0 Å². The van der Waals surface area contributed by atoms with Crippen LogP contribution >= 0.6 is 23.2 Å². The maximum Gasteiger partial charge on any atom is 0.260 e. The smallest absolute Gasteiger partial charge is 0.260 e. The minimum atomic E-state index is -0.649. The molecule has 0 aliphatic heterocycles. The second-order valence-electron chi connectivity index (χ2n) is 3.18. The van der Waals surface area contributed by atoms with Gasteiger partial charge in [0.25, 0.3) is 5.91 Å². The highest BCUT2D eigenvalue weighted by molar-refractivity contribution is 6.42. The first-order chi connectivity index (χ1) is 7.45. The summed E-state index contributed by atoms with van der Waals surface area (Å²) in [7, 11) is 1.53. The van der Waals surface area contributed by atoms with Gasteiger partial charge in [-0.1, -0.05) is 23.2 Å². The zero-order chi connectivity index (χ0) is 12.3. The van der Waals surface area contributed by atoms with Gasteiger partial charge in [-0.05, 0) is 13.0 Å². The third kappa shape index (κ3) is 2.93. The van der Waals surface area contributed by atoms with Gasteiger partial charge in [-0.2, -0.15) is 0 Å². The number of anilines is 1. The van der Waals surface area contributed by atoms with Crippen LogP contribution in [0, 0.1) is 0 Å². The lowest BCUT2D eigenvalue weighted by Crippen LogP contribution is -2.33. The molecule has 1 aromatic carbocycles. The highest BCUT2D eigenvalue weighted by Crippen LogP contribution is 2.32. The van der Waals surface area contributed by atoms with Crippen LogP contribution in [0.4, 0.5) is 5.69 Å². The molecule has 1 unspecified atom stereocenters. The third-order valence-electron chi connectivity index (χ3n) is 1.97. The van der Waals surface area contributed by atoms with E-state index >= 15 is 0 Å². The molecule has 6 heteroatoms. The molecule has 0 radical (unpaired) electrons. The zero-order valence-corrected chi connectivity index (χ0v) is 10.4. The molecule has 0 aromatic heterocycles. The topological polar surface area (TPSA) is 64.3 Å². The molecule has 0 fully saturated rings. The van der Waals surface area contributed by atoms with Gasteiger partial charge in [0, 0.05) is 13.1 Å². The van der Waals surface area contributed by atoms with Crippen molar-refractivity contribution in [3.05, 3.63) is 22.2 Å². The molecular formula is C10H12Cl2N2O2. The third-order valence-corrected chi connectivity index (χ3v) is 2.69. The Kier molecular flexibility index (Phi) is 4.26. The molecular weight excluding hydrogens is 251 g/mol. The summed E-state index contributed by atoms with van der Waals surface area (Å²) in [5.41, 5.74) is 6.02. The number of amides is 1. The predicted molar refractivity (Wildman–Crippen MR) is 65.0 cm³/mol. The number of nitrogens with two attached hydrogens (primary N) is 1. The van der Waals surface area contributed by atoms with Crippen molar-refractivity contribution >= 4 is 34.8 Å². The zero-order valence-electron chi connectivity index (χ0n) is 8.88. The van der Waals surface area contributed by atoms with E-state index in [-0.39, 0.29) is 5.91 Å². The molecule has 0 saturated heterocycles. The van der Waals surface area contributed by atoms with Gasteiger partial charge in [-0.3, -0.25) is 4.79 Å². The molecule has 0 bridgehead atoms. The average Bonchev–Trinajstić information content (AvgIpc) is 2.24. The summed E-state index contributed by atoms with van der Waals surface area (Å²) in [5.74, 6) is 0.0935. The number of carbonyl (C=O) groups is 1. The van der Waals surface area contributed by atoms with E-state index < -0.39 is 6.10 Å². The SMILES string of the molecule is CNC(=O)C(C)Oc1cc(Cl)c(Cl)cc1N. The van der Waals surface area contributed by atoms with Crippen LogP contribution in [0.2, 0.25) is 10.0 Å². The number of ether oxygens (including phenoxy) is 1. The molecule has 1 rings (SSSR count). The first-order valence-electron chi connectivity index (χ1n) is 4.58. The minimum Gasteiger partial charge on any atom is -0.479 e. The summed E-state index contributed by atoms with van der Waals surface area (Å²) >= 11 is 11.6. The van der Waals surface area contributed by atoms with Gasteiger partial charge >= 0.3 is 0 Å². The lowest BCUT2D eigenvalue weighted by Gasteiger charge is -2.15. The second-order valence-corrected chi connectivity index (χ2v) is 3.99. The Morgan fingerprint density at radius 1 is 1.44 bits per heavy atom. The number of benzene rings is 1. The van der Waals surface area contributed by atoms with E-state index in [1.165, 1.54) is 19.2 Å². The fourth-order valence-electron chi connectivity index (χ4n) is 1.09. The van der Waals surface area contributed by atoms with E-state index in [1.807, 2.05) is 0 Å². The summed E-state index contributed by atoms with van der Waals surface area (Å²) in [6.07, 6.45) is -0.649. The molecule has 0 aliphatic carbocycles. The second kappa shape index (κ2) is 5.27. The van der Waals surface area contributed by atoms with Gasteiger partial charge in [0.05, 0.1) is 15.7 Å². The van der Waals surface area contributed by atoms with Gasteiger partial charge in [-0.15, -0.1) is 0 Å². The quantitative estimate of drug-likeness (QED) is 0.820. The maximum atomic E-state index is 11.2. The number of halogens is 2. The summed E-state index contributed by atoms with van der Waals surface area (Å²) in [4.78, 5) is 11.2. The molecule has 88 valence electrons. The number of carbonyl (C=O) groups excluding carboxylic acids is 1. The van der Waals surface area contributed by atoms with Gasteiger partial charge < -0.3 is 15.8 Å². The highest BCUT2D eigenvalue weighted by Gasteiger charge is 2.15. The Morgan fingerprint density at radius 2 is 2.00 bits per heavy atom. The first-order valence-corrected chi connectivity index (χ1v) is 5.34. The van der Waals surface area contributed by atoms with E-state index in [0.29, 0.717) is 21.5 Å². The molecule has 3 N–H and O–H groups in total. The maximum absolute atomic E-state index is 11.2. The van der Waals surface area contributed by atoms with Crippen LogP contribution in [0.5, 0.6) is 5.75 Å². The first kappa shape index (κ1) is 12.9. The van der Waals surface area contributed by atoms with Gasteiger partial charge in [0.2, 0.25) is 0 Å². The largest absolute Gasteiger partial charge is 0.479 e. The van der Waals surface area contributed by atoms with E-state index in [2.05, 4.69) is 5.32 Å². The van der Waals surface area contributed by atoms with Crippen molar-refractivity contribution in [2.45, 2.75) is 13.0 Å². The fraction of sp³-hybridized carbons (Fsp3) is 0.300. The lowest BCUT2D eigenvalue weighted by atomic mass is 10.3. The van der Waals surface area contributed by atoms with Crippen LogP contribution in [0.15, 0.2) is 12.1 Å². The van der Waals surface area contributed by atoms with Crippen LogP contribution in [-0.2, 0) is 4.79 Å². The Bertz CT molecular complexity index is 410. The molecule has 0 aliphatic rings. The Morgan fingerprint density at radius 3 is 2.56 bits per heavy atom. The molecule has 0 heterocycles. The highest BCUT2D eigenvalue weighted by atomic mass is 35.5. The molecule has 16 heavy (non-hydrogen) atoms. The number of likely N-dealkylation sites (N-methyl/N-ethyl adjacent to an activating group) is 1. The van der Waals surface area contributed by atoms with Crippen molar-refractivity contribution in [1.82, 2.24) is 5.32 Å². The minimum absolute atomic E-state index is 0.245. The van der Waals surface area contributed by atoms with E-state index in [0.717, 1.165) is 0 Å². The summed E-state index contributed by atoms with van der Waals surface area (Å²) in [6, 6.07) is 2.97. The standard InChI is InChI=1S/C10H12Cl2N2O2/c1-5(10(15)14-2)16-9-4-7(12)6(11)3-8(9)13/h3-5H,13H2,1-2H3,(H,14,15). The van der Waals surface area contributed by atoms with Crippen LogP contribution < -0.4 is 15.8 Å². The van der Waals surface area contributed by atoms with Crippen molar-refractivity contribution in [3.8, 4) is 5.75 Å². The summed E-state index contributed by atoms with van der Waals surface area (Å²) in [5, 5.41) is 3.14. The van der Waals surface area contributed by atoms with Crippen LogP contribution in [0.3, 0.4) is 0 Å². The van der Waals surface area contributed by atoms with Crippen LogP contribution in [-0.4, -0.2) is 19.1 Å². The van der Waals surface area contributed by atoms with Crippen molar-refractivity contribution in [1.29, 1.82) is 0 Å². The lowest BCUT2D eigenvalue weighted by molar-refractivity contribution is -0.126. The predicted octanol–water partition coefficient (Wildman–Crippen LogP) is 2.09. The van der Waals surface area contributed by atoms with Crippen molar-refractivity contribution < 1.29 is 9.53 Å². The molecule has 1 aromatic rings. The average molecular weight is 263 g/mol. The van der Waals surface area contributed by atoms with Gasteiger partial charge in [0.15, 0.2) is 6.10 Å². The van der Waals surface area contributed by atoms with E-state index in [4.69, 9.17) is 33.7 Å². The fourth-order valence-corrected chi connectivity index (χ4v) is 1.42. The van der Waals surface area contributed by atoms with Crippen molar-refractivity contribution in [2.75, 3.05) is 12.8 Å². The number of hydrogen-bond donors (Lipinski definition) is 2. The Balaban J connectivity index is 2.89.